The van der Waals surface area contributed by atoms with Crippen molar-refractivity contribution in [2.24, 2.45) is 7.05 Å². The van der Waals surface area contributed by atoms with E-state index in [0.29, 0.717) is 6.61 Å². The maximum Gasteiger partial charge on any atom is 0.351 e. The number of carbonyl (C=O) groups is 1. The molecule has 10 heteroatoms. The smallest absolute Gasteiger partial charge is 0.351 e. The molecular weight excluding hydrogens is 349 g/mol. The summed E-state index contributed by atoms with van der Waals surface area (Å²) < 4.78 is 12.8. The van der Waals surface area contributed by atoms with Crippen LogP contribution >= 0.6 is 23.2 Å². The van der Waals surface area contributed by atoms with Crippen LogP contribution in [0.3, 0.4) is 0 Å². The number of benzene rings is 1. The van der Waals surface area contributed by atoms with Gasteiger partial charge in [0.2, 0.25) is 0 Å². The third kappa shape index (κ3) is 3.43. The molecule has 2 aromatic rings. The van der Waals surface area contributed by atoms with Crippen molar-refractivity contribution in [3.05, 3.63) is 38.2 Å². The summed E-state index contributed by atoms with van der Waals surface area (Å²) in [6, 6.07) is 2.75. The average Bonchev–Trinajstić information content (AvgIpc) is 2.75. The number of carboxylic acid groups (broad SMARTS) is 1. The summed E-state index contributed by atoms with van der Waals surface area (Å²) in [6.45, 7) is 1.81. The lowest BCUT2D eigenvalue weighted by molar-refractivity contribution is 0.0696. The van der Waals surface area contributed by atoms with Gasteiger partial charge >= 0.3 is 17.7 Å². The number of nitrogens with zero attached hydrogens (tertiary/aromatic N) is 3. The highest BCUT2D eigenvalue weighted by molar-refractivity contribution is 6.39. The number of hydrogen-bond acceptors (Lipinski definition) is 5. The van der Waals surface area contributed by atoms with Gasteiger partial charge in [-0.25, -0.2) is 14.2 Å². The fraction of sp³-hybridized carbons (Fsp3) is 0.308. The molecular formula is C13H13Cl2N3O5. The predicted octanol–water partition coefficient (Wildman–Crippen LogP) is 2.02. The number of carboxylic acids is 1. The molecule has 0 amide bonds. The van der Waals surface area contributed by atoms with Crippen LogP contribution in [-0.4, -0.2) is 32.0 Å². The number of aromatic carboxylic acids is 1. The van der Waals surface area contributed by atoms with E-state index in [2.05, 4.69) is 5.10 Å². The Morgan fingerprint density at radius 2 is 2.04 bits per heavy atom. The highest BCUT2D eigenvalue weighted by atomic mass is 35.5. The predicted molar refractivity (Wildman–Crippen MR) is 82.7 cm³/mol. The van der Waals surface area contributed by atoms with Crippen LogP contribution in [0.2, 0.25) is 10.0 Å². The maximum absolute atomic E-state index is 12.0. The third-order valence-corrected chi connectivity index (χ3v) is 3.56. The zero-order chi connectivity index (χ0) is 17.1. The van der Waals surface area contributed by atoms with E-state index in [1.165, 1.54) is 23.7 Å². The third-order valence-electron chi connectivity index (χ3n) is 2.89. The molecule has 2 rings (SSSR count). The van der Waals surface area contributed by atoms with Crippen LogP contribution in [0.5, 0.6) is 11.8 Å². The van der Waals surface area contributed by atoms with Gasteiger partial charge in [0.05, 0.1) is 22.2 Å². The van der Waals surface area contributed by atoms with E-state index in [4.69, 9.17) is 37.8 Å². The molecule has 23 heavy (non-hydrogen) atoms. The van der Waals surface area contributed by atoms with Crippen LogP contribution in [0.25, 0.3) is 0 Å². The van der Waals surface area contributed by atoms with E-state index in [9.17, 15) is 9.59 Å². The van der Waals surface area contributed by atoms with Gasteiger partial charge in [-0.05, 0) is 19.1 Å². The van der Waals surface area contributed by atoms with Gasteiger partial charge in [0.1, 0.15) is 0 Å². The highest BCUT2D eigenvalue weighted by Crippen LogP contribution is 2.35. The first-order valence-corrected chi connectivity index (χ1v) is 7.23. The Hall–Kier alpha value is -2.19. The summed E-state index contributed by atoms with van der Waals surface area (Å²) in [5.74, 6) is -1.26. The molecule has 1 aromatic heterocycles. The van der Waals surface area contributed by atoms with Gasteiger partial charge < -0.3 is 14.6 Å². The molecule has 0 unspecified atom stereocenters. The van der Waals surface area contributed by atoms with E-state index in [1.54, 1.807) is 6.92 Å². The fourth-order valence-electron chi connectivity index (χ4n) is 1.76. The summed E-state index contributed by atoms with van der Waals surface area (Å²) in [5.41, 5.74) is -0.621. The molecule has 0 aliphatic carbocycles. The lowest BCUT2D eigenvalue weighted by atomic mass is 10.2. The SMILES string of the molecule is CCOc1nn(COc2c(Cl)ccc(C(=O)O)c2Cl)c(=O)n1C. The van der Waals surface area contributed by atoms with Crippen molar-refractivity contribution in [1.29, 1.82) is 0 Å². The Labute approximate surface area is 140 Å². The second-order valence-electron chi connectivity index (χ2n) is 4.37. The molecule has 0 spiro atoms. The molecule has 1 N–H and O–H groups in total. The van der Waals surface area contributed by atoms with Crippen molar-refractivity contribution in [1.82, 2.24) is 14.3 Å². The molecule has 1 heterocycles. The summed E-state index contributed by atoms with van der Waals surface area (Å²) in [4.78, 5) is 23.0. The maximum atomic E-state index is 12.0. The summed E-state index contributed by atoms with van der Waals surface area (Å²) in [7, 11) is 1.50. The fourth-order valence-corrected chi connectivity index (χ4v) is 2.32. The Morgan fingerprint density at radius 1 is 1.35 bits per heavy atom. The first-order chi connectivity index (χ1) is 10.9. The molecule has 0 fully saturated rings. The van der Waals surface area contributed by atoms with Crippen molar-refractivity contribution >= 4 is 29.2 Å². The van der Waals surface area contributed by atoms with Gasteiger partial charge in [0.15, 0.2) is 12.5 Å². The first kappa shape index (κ1) is 17.2. The van der Waals surface area contributed by atoms with Crippen LogP contribution < -0.4 is 15.2 Å². The van der Waals surface area contributed by atoms with Gasteiger partial charge in [-0.3, -0.25) is 0 Å². The molecule has 0 saturated carbocycles. The molecule has 0 bridgehead atoms. The van der Waals surface area contributed by atoms with Crippen molar-refractivity contribution in [3.8, 4) is 11.8 Å². The average molecular weight is 362 g/mol. The molecule has 1 aromatic carbocycles. The second kappa shape index (κ2) is 6.93. The number of aromatic nitrogens is 3. The standard InChI is InChI=1S/C13H13Cl2N3O5/c1-3-22-12-16-18(13(21)17(12)2)6-23-10-8(14)5-4-7(9(10)15)11(19)20/h4-5H,3,6H2,1-2H3,(H,19,20). The lowest BCUT2D eigenvalue weighted by Gasteiger charge is -2.10. The topological polar surface area (TPSA) is 95.6 Å². The van der Waals surface area contributed by atoms with Gasteiger partial charge in [0, 0.05) is 7.05 Å². The second-order valence-corrected chi connectivity index (χ2v) is 5.16. The normalized spacial score (nSPS) is 10.6. The van der Waals surface area contributed by atoms with Crippen molar-refractivity contribution in [2.75, 3.05) is 6.61 Å². The van der Waals surface area contributed by atoms with Crippen LogP contribution in [-0.2, 0) is 13.8 Å². The van der Waals surface area contributed by atoms with Crippen molar-refractivity contribution in [3.63, 3.8) is 0 Å². The van der Waals surface area contributed by atoms with Crippen LogP contribution in [0.4, 0.5) is 0 Å². The molecule has 0 radical (unpaired) electrons. The zero-order valence-corrected chi connectivity index (χ0v) is 13.8. The molecule has 0 saturated heterocycles. The van der Waals surface area contributed by atoms with Crippen LogP contribution in [0, 0.1) is 0 Å². The van der Waals surface area contributed by atoms with E-state index >= 15 is 0 Å². The minimum Gasteiger partial charge on any atom is -0.478 e. The number of hydrogen-bond donors (Lipinski definition) is 1. The highest BCUT2D eigenvalue weighted by Gasteiger charge is 2.18. The van der Waals surface area contributed by atoms with Gasteiger partial charge in [-0.2, -0.15) is 4.68 Å². The zero-order valence-electron chi connectivity index (χ0n) is 12.2. The summed E-state index contributed by atoms with van der Waals surface area (Å²) in [6.07, 6.45) is 0. The van der Waals surface area contributed by atoms with Gasteiger partial charge in [-0.1, -0.05) is 23.2 Å². The number of ether oxygens (including phenoxy) is 2. The van der Waals surface area contributed by atoms with Gasteiger partial charge in [-0.15, -0.1) is 5.10 Å². The van der Waals surface area contributed by atoms with Crippen molar-refractivity contribution in [2.45, 2.75) is 13.7 Å². The Balaban J connectivity index is 2.28. The molecule has 8 nitrogen and oxygen atoms in total. The summed E-state index contributed by atoms with van der Waals surface area (Å²) in [5, 5.41) is 13.0. The van der Waals surface area contributed by atoms with E-state index in [1.807, 2.05) is 0 Å². The number of halogens is 2. The monoisotopic (exact) mass is 361 g/mol. The van der Waals surface area contributed by atoms with Crippen LogP contribution in [0.1, 0.15) is 17.3 Å². The van der Waals surface area contributed by atoms with E-state index in [0.717, 1.165) is 4.68 Å². The minimum atomic E-state index is -1.22. The Morgan fingerprint density at radius 3 is 2.65 bits per heavy atom. The van der Waals surface area contributed by atoms with E-state index in [-0.39, 0.29) is 34.1 Å². The minimum absolute atomic E-state index is 0.0382. The largest absolute Gasteiger partial charge is 0.478 e. The Bertz CT molecular complexity index is 800. The molecule has 0 aliphatic heterocycles. The molecule has 124 valence electrons. The summed E-state index contributed by atoms with van der Waals surface area (Å²) >= 11 is 11.9. The quantitative estimate of drug-likeness (QED) is 0.845. The Kier molecular flexibility index (Phi) is 5.17. The van der Waals surface area contributed by atoms with E-state index < -0.39 is 11.7 Å². The molecule has 0 atom stereocenters. The first-order valence-electron chi connectivity index (χ1n) is 6.47. The van der Waals surface area contributed by atoms with Crippen molar-refractivity contribution < 1.29 is 19.4 Å². The molecule has 0 aliphatic rings. The van der Waals surface area contributed by atoms with Gasteiger partial charge in [0.25, 0.3) is 0 Å². The number of rotatable bonds is 6. The van der Waals surface area contributed by atoms with Crippen LogP contribution in [0.15, 0.2) is 16.9 Å². The lowest BCUT2D eigenvalue weighted by Crippen LogP contribution is -2.25.